The number of carbonyl (C=O) groups excluding carboxylic acids is 1. The van der Waals surface area contributed by atoms with Crippen molar-refractivity contribution in [3.8, 4) is 17.6 Å². The first-order chi connectivity index (χ1) is 14.8. The van der Waals surface area contributed by atoms with Gasteiger partial charge in [-0.25, -0.2) is 9.78 Å². The molecule has 0 saturated carbocycles. The lowest BCUT2D eigenvalue weighted by Crippen LogP contribution is -2.17. The minimum absolute atomic E-state index is 0.0157. The van der Waals surface area contributed by atoms with Crippen molar-refractivity contribution in [3.05, 3.63) is 63.2 Å². The van der Waals surface area contributed by atoms with Crippen molar-refractivity contribution in [1.82, 2.24) is 9.97 Å². The van der Waals surface area contributed by atoms with Crippen LogP contribution in [0.25, 0.3) is 0 Å². The molecule has 0 spiro atoms. The molecule has 0 radical (unpaired) electrons. The Morgan fingerprint density at radius 1 is 1.19 bits per heavy atom. The molecule has 2 N–H and O–H groups in total. The van der Waals surface area contributed by atoms with Crippen molar-refractivity contribution in [1.29, 1.82) is 0 Å². The molecule has 10 heteroatoms. The van der Waals surface area contributed by atoms with E-state index in [-0.39, 0.29) is 21.5 Å². The molecule has 31 heavy (non-hydrogen) atoms. The molecule has 160 valence electrons. The number of carbonyl (C=O) groups is 1. The highest BCUT2D eigenvalue weighted by atomic mass is 32.1. The Morgan fingerprint density at radius 3 is 2.61 bits per heavy atom. The minimum Gasteiger partial charge on any atom is -0.506 e. The van der Waals surface area contributed by atoms with E-state index in [0.29, 0.717) is 10.9 Å². The van der Waals surface area contributed by atoms with E-state index in [1.54, 1.807) is 6.07 Å². The Balaban J connectivity index is 2.01. The van der Waals surface area contributed by atoms with E-state index in [1.165, 1.54) is 32.7 Å². The molecule has 1 unspecified atom stereocenters. The number of nitrogens with zero attached hydrogens (tertiary/aromatic N) is 2. The maximum Gasteiger partial charge on any atom is 0.351 e. The Morgan fingerprint density at radius 2 is 1.97 bits per heavy atom. The number of aryl methyl sites for hydroxylation is 2. The summed E-state index contributed by atoms with van der Waals surface area (Å²) in [4.78, 5) is 20.6. The zero-order chi connectivity index (χ0) is 22.6. The maximum absolute atomic E-state index is 13.6. The smallest absolute Gasteiger partial charge is 0.351 e. The van der Waals surface area contributed by atoms with E-state index in [9.17, 15) is 14.5 Å². The number of hydrogen-bond donors (Lipinski definition) is 2. The van der Waals surface area contributed by atoms with Crippen LogP contribution in [0.4, 0.5) is 5.82 Å². The van der Waals surface area contributed by atoms with E-state index in [0.717, 1.165) is 22.5 Å². The zero-order valence-corrected chi connectivity index (χ0v) is 19.0. The number of pyridine rings is 1. The van der Waals surface area contributed by atoms with Crippen molar-refractivity contribution in [2.24, 2.45) is 0 Å². The van der Waals surface area contributed by atoms with Gasteiger partial charge in [0.25, 0.3) is 0 Å². The first-order valence-electron chi connectivity index (χ1n) is 9.03. The molecule has 8 nitrogen and oxygen atoms in total. The fraction of sp³-hybridized carbons (Fsp3) is 0.190. The molecule has 1 aromatic carbocycles. The van der Waals surface area contributed by atoms with Crippen LogP contribution in [0.1, 0.15) is 31.4 Å². The summed E-state index contributed by atoms with van der Waals surface area (Å²) in [5, 5.41) is 13.1. The highest BCUT2D eigenvalue weighted by Gasteiger charge is 2.31. The van der Waals surface area contributed by atoms with Crippen LogP contribution in [-0.4, -0.2) is 35.3 Å². The fourth-order valence-electron chi connectivity index (χ4n) is 2.78. The quantitative estimate of drug-likeness (QED) is 0.340. The summed E-state index contributed by atoms with van der Waals surface area (Å²) >= 11 is 0.987. The molecule has 3 aromatic rings. The SMILES string of the molecule is COC(=O)c1sc(C#Cc2cncc(O)c2)nc1NP(=O)(OC)c1ccc(C)cc1C. The molecule has 0 aliphatic rings. The molecule has 2 aromatic heterocycles. The second-order valence-corrected chi connectivity index (χ2v) is 9.68. The first-order valence-corrected chi connectivity index (χ1v) is 11.5. The lowest BCUT2D eigenvalue weighted by molar-refractivity contribution is 0.0607. The molecule has 0 aliphatic carbocycles. The monoisotopic (exact) mass is 457 g/mol. The van der Waals surface area contributed by atoms with E-state index >= 15 is 0 Å². The third-order valence-corrected chi connectivity index (χ3v) is 7.32. The van der Waals surface area contributed by atoms with Crippen LogP contribution < -0.4 is 10.4 Å². The standard InChI is InChI=1S/C21H20N3O5PS/c1-13-5-7-17(14(2)9-13)30(27,29-4)24-20-19(21(26)28-3)31-18(23-20)8-6-15-10-16(25)12-22-11-15/h5,7,9-12,25H,1-4H3,(H,24,27). The number of aromatic nitrogens is 2. The van der Waals surface area contributed by atoms with Crippen LogP contribution in [0.15, 0.2) is 36.7 Å². The van der Waals surface area contributed by atoms with Crippen molar-refractivity contribution in [3.63, 3.8) is 0 Å². The van der Waals surface area contributed by atoms with Gasteiger partial charge >= 0.3 is 13.5 Å². The lowest BCUT2D eigenvalue weighted by atomic mass is 10.2. The summed E-state index contributed by atoms with van der Waals surface area (Å²) in [5.41, 5.74) is 2.28. The van der Waals surface area contributed by atoms with Crippen LogP contribution in [-0.2, 0) is 13.8 Å². The van der Waals surface area contributed by atoms with Crippen LogP contribution in [0.2, 0.25) is 0 Å². The van der Waals surface area contributed by atoms with Gasteiger partial charge in [-0.05, 0) is 37.5 Å². The fourth-order valence-corrected chi connectivity index (χ4v) is 5.30. The normalized spacial score (nSPS) is 12.4. The van der Waals surface area contributed by atoms with Crippen LogP contribution >= 0.6 is 18.9 Å². The van der Waals surface area contributed by atoms with Gasteiger partial charge in [0, 0.05) is 18.9 Å². The van der Waals surface area contributed by atoms with Gasteiger partial charge in [0.15, 0.2) is 15.7 Å². The zero-order valence-electron chi connectivity index (χ0n) is 17.3. The Kier molecular flexibility index (Phi) is 6.76. The van der Waals surface area contributed by atoms with Crippen LogP contribution in [0, 0.1) is 25.7 Å². The number of ether oxygens (including phenoxy) is 1. The second kappa shape index (κ2) is 9.31. The summed E-state index contributed by atoms with van der Waals surface area (Å²) in [5.74, 6) is 5.03. The number of aromatic hydroxyl groups is 1. The number of nitrogens with one attached hydrogen (secondary N) is 1. The predicted octanol–water partition coefficient (Wildman–Crippen LogP) is 3.62. The van der Waals surface area contributed by atoms with Gasteiger partial charge in [-0.15, -0.1) is 0 Å². The van der Waals surface area contributed by atoms with Crippen LogP contribution in [0.5, 0.6) is 5.75 Å². The maximum atomic E-state index is 13.6. The Hall–Kier alpha value is -3.18. The average Bonchev–Trinajstić information content (AvgIpc) is 3.14. The van der Waals surface area contributed by atoms with Gasteiger partial charge in [-0.2, -0.15) is 0 Å². The topological polar surface area (TPSA) is 111 Å². The lowest BCUT2D eigenvalue weighted by Gasteiger charge is -2.20. The molecule has 2 heterocycles. The second-order valence-electron chi connectivity index (χ2n) is 6.51. The highest BCUT2D eigenvalue weighted by Crippen LogP contribution is 2.46. The van der Waals surface area contributed by atoms with Crippen molar-refractivity contribution >= 4 is 35.9 Å². The molecule has 0 fully saturated rings. The third kappa shape index (κ3) is 5.12. The van der Waals surface area contributed by atoms with Crippen LogP contribution in [0.3, 0.4) is 0 Å². The Labute approximate surface area is 183 Å². The number of anilines is 1. The molecule has 1 atom stereocenters. The summed E-state index contributed by atoms with van der Waals surface area (Å²) in [6.45, 7) is 3.77. The number of esters is 1. The third-order valence-electron chi connectivity index (χ3n) is 4.22. The largest absolute Gasteiger partial charge is 0.506 e. The first kappa shape index (κ1) is 22.5. The average molecular weight is 457 g/mol. The summed E-state index contributed by atoms with van der Waals surface area (Å²) < 4.78 is 23.8. The molecule has 0 bridgehead atoms. The van der Waals surface area contributed by atoms with Crippen molar-refractivity contribution < 1.29 is 23.7 Å². The van der Waals surface area contributed by atoms with Gasteiger partial charge in [-0.1, -0.05) is 35.0 Å². The van der Waals surface area contributed by atoms with E-state index < -0.39 is 13.5 Å². The number of methoxy groups -OCH3 is 1. The number of benzene rings is 1. The molecular formula is C21H20N3O5PS. The molecule has 0 amide bonds. The van der Waals surface area contributed by atoms with E-state index in [4.69, 9.17) is 9.26 Å². The highest BCUT2D eigenvalue weighted by molar-refractivity contribution is 7.68. The number of rotatable bonds is 5. The van der Waals surface area contributed by atoms with Crippen molar-refractivity contribution in [2.45, 2.75) is 13.8 Å². The van der Waals surface area contributed by atoms with Gasteiger partial charge in [-0.3, -0.25) is 14.6 Å². The van der Waals surface area contributed by atoms with Gasteiger partial charge < -0.3 is 14.4 Å². The van der Waals surface area contributed by atoms with E-state index in [1.807, 2.05) is 26.0 Å². The minimum atomic E-state index is -3.58. The molecule has 0 aliphatic heterocycles. The van der Waals surface area contributed by atoms with Gasteiger partial charge in [0.2, 0.25) is 0 Å². The molecule has 0 saturated heterocycles. The summed E-state index contributed by atoms with van der Waals surface area (Å²) in [7, 11) is -1.01. The van der Waals surface area contributed by atoms with Gasteiger partial charge in [0.05, 0.1) is 18.6 Å². The van der Waals surface area contributed by atoms with E-state index in [2.05, 4.69) is 26.9 Å². The number of hydrogen-bond acceptors (Lipinski definition) is 8. The van der Waals surface area contributed by atoms with Crippen molar-refractivity contribution in [2.75, 3.05) is 19.3 Å². The summed E-state index contributed by atoms with van der Waals surface area (Å²) in [6, 6.07) is 6.90. The molecular weight excluding hydrogens is 437 g/mol. The number of thiazole rings is 1. The Bertz CT molecular complexity index is 1250. The predicted molar refractivity (Wildman–Crippen MR) is 119 cm³/mol. The summed E-state index contributed by atoms with van der Waals surface area (Å²) in [6.07, 6.45) is 2.78. The van der Waals surface area contributed by atoms with Gasteiger partial charge in [0.1, 0.15) is 5.75 Å². The molecule has 3 rings (SSSR count).